The number of rotatable bonds is 1. The van der Waals surface area contributed by atoms with E-state index in [0.717, 1.165) is 29.7 Å². The van der Waals surface area contributed by atoms with Crippen molar-refractivity contribution in [2.45, 2.75) is 50.3 Å². The summed E-state index contributed by atoms with van der Waals surface area (Å²) in [4.78, 5) is 27.9. The van der Waals surface area contributed by atoms with Crippen LogP contribution in [0.3, 0.4) is 0 Å². The number of hydrogen-bond donors (Lipinski definition) is 2. The highest BCUT2D eigenvalue weighted by Gasteiger charge is 2.43. The normalized spacial score (nSPS) is 25.4. The van der Waals surface area contributed by atoms with Gasteiger partial charge in [-0.25, -0.2) is 0 Å². The van der Waals surface area contributed by atoms with Crippen LogP contribution in [0.15, 0.2) is 42.5 Å². The Morgan fingerprint density at radius 3 is 2.67 bits per heavy atom. The number of piperidine rings is 1. The van der Waals surface area contributed by atoms with Crippen molar-refractivity contribution in [3.05, 3.63) is 64.7 Å². The molecule has 2 atom stereocenters. The number of nitrogens with one attached hydrogen (secondary N) is 1. The Labute approximate surface area is 193 Å². The van der Waals surface area contributed by atoms with Crippen LogP contribution in [0.4, 0.5) is 0 Å². The van der Waals surface area contributed by atoms with Gasteiger partial charge in [0.05, 0.1) is 19.3 Å². The van der Waals surface area contributed by atoms with Crippen LogP contribution in [0.1, 0.15) is 57.5 Å². The van der Waals surface area contributed by atoms with Crippen LogP contribution in [0.2, 0.25) is 0 Å². The van der Waals surface area contributed by atoms with E-state index in [1.54, 1.807) is 6.07 Å². The number of ether oxygens (including phenoxy) is 2. The van der Waals surface area contributed by atoms with E-state index in [4.69, 9.17) is 9.47 Å². The Bertz CT molecular complexity index is 1030. The third-order valence-corrected chi connectivity index (χ3v) is 6.85. The fraction of sp³-hybridized carbons (Fsp3) is 0.462. The Morgan fingerprint density at radius 1 is 1.03 bits per heavy atom. The average Bonchev–Trinajstić information content (AvgIpc) is 3.09. The Balaban J connectivity index is 1.44. The molecule has 0 radical (unpaired) electrons. The fourth-order valence-electron chi connectivity index (χ4n) is 5.31. The van der Waals surface area contributed by atoms with Gasteiger partial charge in [-0.3, -0.25) is 9.59 Å². The van der Waals surface area contributed by atoms with Crippen LogP contribution in [-0.2, 0) is 11.2 Å². The molecule has 7 nitrogen and oxygen atoms in total. The summed E-state index contributed by atoms with van der Waals surface area (Å²) in [6, 6.07) is 13.4. The molecule has 4 bridgehead atoms. The first kappa shape index (κ1) is 21.9. The van der Waals surface area contributed by atoms with Crippen molar-refractivity contribution in [2.24, 2.45) is 0 Å². The molecule has 174 valence electrons. The van der Waals surface area contributed by atoms with Gasteiger partial charge in [0.15, 0.2) is 0 Å². The predicted molar refractivity (Wildman–Crippen MR) is 123 cm³/mol. The molecule has 33 heavy (non-hydrogen) atoms. The molecule has 0 saturated carbocycles. The standard InChI is InChI=1S/C26H30N2O5/c29-23-15-21-5-6-22(16-23)28(21)26(31)19-4-7-24-20(14-19)13-17-2-1-3-18(12-17)25(30)27-8-9-32-10-11-33-24/h1-4,7,12,14,21-23,29H,5-6,8-11,13,15-16H2,(H,27,30). The molecule has 2 unspecified atom stereocenters. The lowest BCUT2D eigenvalue weighted by Crippen LogP contribution is -2.48. The highest BCUT2D eigenvalue weighted by Crippen LogP contribution is 2.37. The summed E-state index contributed by atoms with van der Waals surface area (Å²) in [6.07, 6.45) is 3.46. The van der Waals surface area contributed by atoms with E-state index in [1.165, 1.54) is 0 Å². The van der Waals surface area contributed by atoms with Crippen LogP contribution in [0.25, 0.3) is 0 Å². The van der Waals surface area contributed by atoms with Crippen molar-refractivity contribution in [1.29, 1.82) is 0 Å². The minimum absolute atomic E-state index is 0.0214. The maximum atomic E-state index is 13.5. The number of aliphatic hydroxyl groups excluding tert-OH is 1. The summed E-state index contributed by atoms with van der Waals surface area (Å²) in [5.74, 6) is 0.618. The zero-order valence-corrected chi connectivity index (χ0v) is 18.7. The van der Waals surface area contributed by atoms with Crippen LogP contribution in [0.5, 0.6) is 5.75 Å². The van der Waals surface area contributed by atoms with Gasteiger partial charge in [0, 0.05) is 36.2 Å². The van der Waals surface area contributed by atoms with Gasteiger partial charge in [-0.15, -0.1) is 0 Å². The van der Waals surface area contributed by atoms with E-state index < -0.39 is 0 Å². The Kier molecular flexibility index (Phi) is 6.33. The first-order valence-corrected chi connectivity index (χ1v) is 11.8. The van der Waals surface area contributed by atoms with Gasteiger partial charge < -0.3 is 24.8 Å². The monoisotopic (exact) mass is 450 g/mol. The molecule has 0 aliphatic carbocycles. The van der Waals surface area contributed by atoms with E-state index >= 15 is 0 Å². The highest BCUT2D eigenvalue weighted by molar-refractivity contribution is 5.95. The molecule has 3 aliphatic heterocycles. The number of carbonyl (C=O) groups is 2. The summed E-state index contributed by atoms with van der Waals surface area (Å²) in [6.45, 7) is 1.67. The summed E-state index contributed by atoms with van der Waals surface area (Å²) in [5.41, 5.74) is 3.12. The molecular formula is C26H30N2O5. The Hall–Kier alpha value is -2.90. The smallest absolute Gasteiger partial charge is 0.254 e. The third kappa shape index (κ3) is 4.75. The van der Waals surface area contributed by atoms with Crippen molar-refractivity contribution in [1.82, 2.24) is 10.2 Å². The van der Waals surface area contributed by atoms with Crippen LogP contribution in [-0.4, -0.2) is 66.4 Å². The zero-order valence-electron chi connectivity index (χ0n) is 18.7. The molecule has 2 aromatic carbocycles. The van der Waals surface area contributed by atoms with Gasteiger partial charge in [-0.1, -0.05) is 12.1 Å². The molecule has 2 saturated heterocycles. The second kappa shape index (κ2) is 9.53. The fourth-order valence-corrected chi connectivity index (χ4v) is 5.31. The summed E-state index contributed by atoms with van der Waals surface area (Å²) in [7, 11) is 0. The molecule has 2 fully saturated rings. The predicted octanol–water partition coefficient (Wildman–Crippen LogP) is 2.54. The molecule has 0 spiro atoms. The number of nitrogens with zero attached hydrogens (tertiary/aromatic N) is 1. The van der Waals surface area contributed by atoms with Crippen LogP contribution < -0.4 is 10.1 Å². The first-order chi connectivity index (χ1) is 16.1. The summed E-state index contributed by atoms with van der Waals surface area (Å²) < 4.78 is 11.6. The third-order valence-electron chi connectivity index (χ3n) is 6.85. The maximum Gasteiger partial charge on any atom is 0.254 e. The van der Waals surface area contributed by atoms with Gasteiger partial charge in [-0.2, -0.15) is 0 Å². The quantitative estimate of drug-likeness (QED) is 0.697. The molecule has 7 heteroatoms. The lowest BCUT2D eigenvalue weighted by atomic mass is 9.96. The number of carbonyl (C=O) groups excluding carboxylic acids is 2. The van der Waals surface area contributed by atoms with Gasteiger partial charge in [-0.05, 0) is 67.1 Å². The molecule has 2 aromatic rings. The van der Waals surface area contributed by atoms with Gasteiger partial charge >= 0.3 is 0 Å². The maximum absolute atomic E-state index is 13.5. The van der Waals surface area contributed by atoms with Crippen molar-refractivity contribution in [2.75, 3.05) is 26.4 Å². The van der Waals surface area contributed by atoms with Crippen molar-refractivity contribution in [3.8, 4) is 5.75 Å². The Morgan fingerprint density at radius 2 is 1.85 bits per heavy atom. The lowest BCUT2D eigenvalue weighted by molar-refractivity contribution is 0.0286. The number of aliphatic hydroxyl groups is 1. The van der Waals surface area contributed by atoms with Gasteiger partial charge in [0.25, 0.3) is 11.8 Å². The zero-order chi connectivity index (χ0) is 22.8. The largest absolute Gasteiger partial charge is 0.491 e. The molecule has 2 N–H and O–H groups in total. The molecule has 3 heterocycles. The van der Waals surface area contributed by atoms with Crippen LogP contribution >= 0.6 is 0 Å². The molecule has 5 rings (SSSR count). The number of fused-ring (bicyclic) bond motifs is 5. The van der Waals surface area contributed by atoms with Crippen molar-refractivity contribution < 1.29 is 24.2 Å². The van der Waals surface area contributed by atoms with Gasteiger partial charge in [0.1, 0.15) is 12.4 Å². The minimum Gasteiger partial charge on any atom is -0.491 e. The number of hydrogen-bond acceptors (Lipinski definition) is 5. The minimum atomic E-state index is -0.309. The molecular weight excluding hydrogens is 420 g/mol. The van der Waals surface area contributed by atoms with E-state index in [1.807, 2.05) is 41.3 Å². The van der Waals surface area contributed by atoms with Gasteiger partial charge in [0.2, 0.25) is 0 Å². The second-order valence-electron chi connectivity index (χ2n) is 9.14. The molecule has 3 aliphatic rings. The van der Waals surface area contributed by atoms with E-state index in [0.29, 0.717) is 56.8 Å². The van der Waals surface area contributed by atoms with E-state index in [-0.39, 0.29) is 30.0 Å². The van der Waals surface area contributed by atoms with Crippen molar-refractivity contribution in [3.63, 3.8) is 0 Å². The number of amides is 2. The summed E-state index contributed by atoms with van der Waals surface area (Å²) in [5, 5.41) is 13.0. The SMILES string of the molecule is O=C1NCCOCCOc2ccc(C(=O)N3C4CCC3CC(O)C4)cc2Cc2cccc1c2. The highest BCUT2D eigenvalue weighted by atomic mass is 16.5. The number of benzene rings is 2. The van der Waals surface area contributed by atoms with Crippen molar-refractivity contribution >= 4 is 11.8 Å². The molecule has 2 amide bonds. The molecule has 0 aromatic heterocycles. The van der Waals surface area contributed by atoms with Crippen LogP contribution in [0, 0.1) is 0 Å². The topological polar surface area (TPSA) is 88.1 Å². The lowest BCUT2D eigenvalue weighted by Gasteiger charge is -2.37. The summed E-state index contributed by atoms with van der Waals surface area (Å²) >= 11 is 0. The van der Waals surface area contributed by atoms with E-state index in [9.17, 15) is 14.7 Å². The second-order valence-corrected chi connectivity index (χ2v) is 9.14. The average molecular weight is 451 g/mol. The van der Waals surface area contributed by atoms with E-state index in [2.05, 4.69) is 5.32 Å². The first-order valence-electron chi connectivity index (χ1n) is 11.8.